The molecule has 0 radical (unpaired) electrons. The summed E-state index contributed by atoms with van der Waals surface area (Å²) in [5, 5.41) is 11.7. The molecule has 228 valence electrons. The van der Waals surface area contributed by atoms with Crippen molar-refractivity contribution in [2.75, 3.05) is 26.2 Å². The molecule has 6 nitrogen and oxygen atoms in total. The van der Waals surface area contributed by atoms with E-state index in [1.165, 1.54) is 12.5 Å². The molecule has 1 amide bonds. The Bertz CT molecular complexity index is 1180. The average Bonchev–Trinajstić information content (AvgIpc) is 2.96. The summed E-state index contributed by atoms with van der Waals surface area (Å²) in [4.78, 5) is 30.0. The van der Waals surface area contributed by atoms with Gasteiger partial charge < -0.3 is 14.7 Å². The molecule has 4 unspecified atom stereocenters. The van der Waals surface area contributed by atoms with Gasteiger partial charge in [0.05, 0.1) is 6.10 Å². The van der Waals surface area contributed by atoms with Crippen molar-refractivity contribution < 1.29 is 19.4 Å². The topological polar surface area (TPSA) is 70.1 Å². The normalized spacial score (nSPS) is 24.2. The lowest BCUT2D eigenvalue weighted by atomic mass is 9.56. The molecule has 2 fully saturated rings. The highest BCUT2D eigenvalue weighted by Gasteiger charge is 2.53. The molecular weight excluding hydrogens is 524 g/mol. The number of nitrogens with zero attached hydrogens (tertiary/aromatic N) is 2. The van der Waals surface area contributed by atoms with Gasteiger partial charge in [-0.05, 0) is 74.2 Å². The minimum atomic E-state index is -0.540. The molecule has 1 heterocycles. The number of fused-ring (bicyclic) bond motifs is 1. The van der Waals surface area contributed by atoms with Crippen LogP contribution in [0.2, 0.25) is 0 Å². The van der Waals surface area contributed by atoms with Crippen LogP contribution < -0.4 is 4.74 Å². The Labute approximate surface area is 252 Å². The van der Waals surface area contributed by atoms with E-state index in [4.69, 9.17) is 4.74 Å². The number of unbranched alkanes of at least 4 members (excludes halogenated alkanes) is 2. The maximum atomic E-state index is 13.8. The van der Waals surface area contributed by atoms with Crippen LogP contribution in [-0.4, -0.2) is 65.1 Å². The molecule has 0 spiro atoms. The predicted octanol–water partition coefficient (Wildman–Crippen LogP) is 6.17. The molecule has 1 saturated heterocycles. The van der Waals surface area contributed by atoms with Crippen LogP contribution in [0, 0.1) is 11.8 Å². The highest BCUT2D eigenvalue weighted by Crippen LogP contribution is 2.51. The van der Waals surface area contributed by atoms with Crippen molar-refractivity contribution in [2.45, 2.75) is 89.7 Å². The van der Waals surface area contributed by atoms with Gasteiger partial charge in [0.25, 0.3) is 0 Å². The summed E-state index contributed by atoms with van der Waals surface area (Å²) in [6.45, 7) is 12.8. The van der Waals surface area contributed by atoms with Gasteiger partial charge in [-0.25, -0.2) is 0 Å². The molecule has 2 aromatic carbocycles. The average molecular weight is 575 g/mol. The van der Waals surface area contributed by atoms with Crippen molar-refractivity contribution in [3.63, 3.8) is 0 Å². The third-order valence-corrected chi connectivity index (χ3v) is 9.20. The van der Waals surface area contributed by atoms with E-state index in [0.29, 0.717) is 31.1 Å². The number of aryl methyl sites for hydroxylation is 1. The zero-order valence-electron chi connectivity index (χ0n) is 25.8. The molecule has 4 rings (SSSR count). The van der Waals surface area contributed by atoms with Crippen molar-refractivity contribution >= 4 is 11.9 Å². The fourth-order valence-electron chi connectivity index (χ4n) is 7.29. The number of carbonyl (C=O) groups is 2. The summed E-state index contributed by atoms with van der Waals surface area (Å²) in [5.41, 5.74) is 2.12. The minimum Gasteiger partial charge on any atom is -0.427 e. The van der Waals surface area contributed by atoms with Crippen LogP contribution in [0.25, 0.3) is 0 Å². The number of carbonyl (C=O) groups excluding carboxylic acids is 2. The first-order valence-electron chi connectivity index (χ1n) is 15.9. The number of aliphatic hydroxyl groups is 1. The lowest BCUT2D eigenvalue weighted by Gasteiger charge is -2.56. The number of rotatable bonds is 13. The summed E-state index contributed by atoms with van der Waals surface area (Å²) >= 11 is 0. The Hall–Kier alpha value is -2.96. The molecule has 6 heteroatoms. The van der Waals surface area contributed by atoms with E-state index in [-0.39, 0.29) is 29.3 Å². The lowest BCUT2D eigenvalue weighted by Crippen LogP contribution is -2.61. The summed E-state index contributed by atoms with van der Waals surface area (Å²) in [6.07, 6.45) is 8.20. The molecule has 42 heavy (non-hydrogen) atoms. The second-order valence-electron chi connectivity index (χ2n) is 12.8. The first-order chi connectivity index (χ1) is 20.2. The zero-order chi connectivity index (χ0) is 30.1. The largest absolute Gasteiger partial charge is 0.427 e. The van der Waals surface area contributed by atoms with Crippen LogP contribution in [-0.2, 0) is 21.4 Å². The highest BCUT2D eigenvalue weighted by atomic mass is 16.5. The van der Waals surface area contributed by atoms with Gasteiger partial charge in [-0.15, -0.1) is 6.58 Å². The zero-order valence-corrected chi connectivity index (χ0v) is 25.8. The van der Waals surface area contributed by atoms with Crippen LogP contribution in [0.1, 0.15) is 76.8 Å². The van der Waals surface area contributed by atoms with Gasteiger partial charge in [-0.3, -0.25) is 14.5 Å². The van der Waals surface area contributed by atoms with Gasteiger partial charge >= 0.3 is 5.97 Å². The lowest BCUT2D eigenvalue weighted by molar-refractivity contribution is -0.139. The summed E-state index contributed by atoms with van der Waals surface area (Å²) in [7, 11) is 0. The Kier molecular flexibility index (Phi) is 11.4. The Morgan fingerprint density at radius 2 is 1.93 bits per heavy atom. The van der Waals surface area contributed by atoms with Crippen molar-refractivity contribution in [3.05, 3.63) is 78.4 Å². The minimum absolute atomic E-state index is 0.0176. The molecule has 1 aliphatic heterocycles. The molecule has 2 aliphatic rings. The Morgan fingerprint density at radius 3 is 2.64 bits per heavy atom. The van der Waals surface area contributed by atoms with Crippen LogP contribution in [0.4, 0.5) is 0 Å². The van der Waals surface area contributed by atoms with Crippen molar-refractivity contribution in [2.24, 2.45) is 11.8 Å². The van der Waals surface area contributed by atoms with Gasteiger partial charge in [0.15, 0.2) is 0 Å². The number of aliphatic hydroxyl groups excluding tert-OH is 1. The quantitative estimate of drug-likeness (QED) is 0.134. The molecule has 0 aromatic heterocycles. The van der Waals surface area contributed by atoms with Crippen molar-refractivity contribution in [1.82, 2.24) is 9.80 Å². The van der Waals surface area contributed by atoms with E-state index in [2.05, 4.69) is 60.6 Å². The fourth-order valence-corrected chi connectivity index (χ4v) is 7.29. The third kappa shape index (κ3) is 8.11. The van der Waals surface area contributed by atoms with E-state index in [1.807, 2.05) is 30.3 Å². The number of benzene rings is 2. The Balaban J connectivity index is 1.53. The SMILES string of the molecule is C=CCN1CCC2(c3cccc(OC(C)=O)c3)CC(N(CC(C)C)C(=O)CCCCCc3ccccc3)CC(O)C2C1. The first kappa shape index (κ1) is 32.0. The third-order valence-electron chi connectivity index (χ3n) is 9.20. The number of amides is 1. The first-order valence-corrected chi connectivity index (χ1v) is 15.9. The van der Waals surface area contributed by atoms with E-state index in [0.717, 1.165) is 63.7 Å². The maximum Gasteiger partial charge on any atom is 0.308 e. The van der Waals surface area contributed by atoms with Crippen LogP contribution in [0.5, 0.6) is 5.75 Å². The number of hydrogen-bond donors (Lipinski definition) is 1. The molecular formula is C36H50N2O4. The van der Waals surface area contributed by atoms with E-state index in [1.54, 1.807) is 0 Å². The summed E-state index contributed by atoms with van der Waals surface area (Å²) in [5.74, 6) is 0.737. The highest BCUT2D eigenvalue weighted by molar-refractivity contribution is 5.76. The van der Waals surface area contributed by atoms with E-state index >= 15 is 0 Å². The monoisotopic (exact) mass is 574 g/mol. The second-order valence-corrected chi connectivity index (χ2v) is 12.8. The van der Waals surface area contributed by atoms with E-state index < -0.39 is 6.10 Å². The Morgan fingerprint density at radius 1 is 1.14 bits per heavy atom. The van der Waals surface area contributed by atoms with Crippen LogP contribution in [0.3, 0.4) is 0 Å². The molecule has 4 atom stereocenters. The molecule has 0 bridgehead atoms. The summed E-state index contributed by atoms with van der Waals surface area (Å²) in [6, 6.07) is 18.3. The van der Waals surface area contributed by atoms with Gasteiger partial charge in [-0.1, -0.05) is 68.8 Å². The molecule has 2 aromatic rings. The summed E-state index contributed by atoms with van der Waals surface area (Å²) < 4.78 is 5.48. The maximum absolute atomic E-state index is 13.8. The number of esters is 1. The molecule has 1 saturated carbocycles. The fraction of sp³-hybridized carbons (Fsp3) is 0.556. The molecule has 1 N–H and O–H groups in total. The number of piperidine rings is 1. The second kappa shape index (κ2) is 15.0. The predicted molar refractivity (Wildman–Crippen MR) is 168 cm³/mol. The van der Waals surface area contributed by atoms with Gasteiger partial charge in [-0.2, -0.15) is 0 Å². The number of hydrogen-bond acceptors (Lipinski definition) is 5. The number of likely N-dealkylation sites (tertiary alicyclic amines) is 1. The number of ether oxygens (including phenoxy) is 1. The van der Waals surface area contributed by atoms with Crippen molar-refractivity contribution in [3.8, 4) is 5.75 Å². The van der Waals surface area contributed by atoms with Gasteiger partial charge in [0.1, 0.15) is 5.75 Å². The van der Waals surface area contributed by atoms with Crippen LogP contribution >= 0.6 is 0 Å². The van der Waals surface area contributed by atoms with Gasteiger partial charge in [0, 0.05) is 50.4 Å². The standard InChI is InChI=1S/C36H50N2O4/c1-5-20-37-21-19-36(30-16-12-17-32(22-30)42-28(4)39)24-31(23-34(40)33(36)26-37)38(25-27(2)3)35(41)18-11-7-10-15-29-13-8-6-9-14-29/h5-6,8-9,12-14,16-17,22,27,31,33-34,40H,1,7,10-11,15,18-21,23-26H2,2-4H3. The van der Waals surface area contributed by atoms with Gasteiger partial charge in [0.2, 0.25) is 5.91 Å². The van der Waals surface area contributed by atoms with Crippen molar-refractivity contribution in [1.29, 1.82) is 0 Å². The molecule has 1 aliphatic carbocycles. The smallest absolute Gasteiger partial charge is 0.308 e. The van der Waals surface area contributed by atoms with E-state index in [9.17, 15) is 14.7 Å². The van der Waals surface area contributed by atoms with Crippen LogP contribution in [0.15, 0.2) is 67.3 Å².